The number of alkyl halides is 3. The number of benzene rings is 2. The van der Waals surface area contributed by atoms with Crippen LogP contribution in [-0.4, -0.2) is 42.0 Å². The minimum Gasteiger partial charge on any atom is -0.342 e. The molecule has 170 valence electrons. The van der Waals surface area contributed by atoms with Gasteiger partial charge in [-0.15, -0.1) is 0 Å². The van der Waals surface area contributed by atoms with Gasteiger partial charge in [0.2, 0.25) is 5.91 Å². The molecule has 2 aliphatic rings. The van der Waals surface area contributed by atoms with Crippen LogP contribution in [-0.2, 0) is 17.4 Å². The van der Waals surface area contributed by atoms with E-state index in [2.05, 4.69) is 10.6 Å². The fourth-order valence-corrected chi connectivity index (χ4v) is 4.73. The molecule has 2 aliphatic heterocycles. The van der Waals surface area contributed by atoms with Crippen LogP contribution >= 0.6 is 0 Å². The lowest BCUT2D eigenvalue weighted by atomic mass is 9.72. The van der Waals surface area contributed by atoms with E-state index in [4.69, 9.17) is 0 Å². The second-order valence-electron chi connectivity index (χ2n) is 8.31. The van der Waals surface area contributed by atoms with E-state index in [1.807, 2.05) is 0 Å². The molecule has 1 atom stereocenters. The first-order valence-corrected chi connectivity index (χ1v) is 10.4. The molecule has 1 spiro atoms. The van der Waals surface area contributed by atoms with Crippen molar-refractivity contribution in [3.05, 3.63) is 71.0 Å². The summed E-state index contributed by atoms with van der Waals surface area (Å²) in [5, 5.41) is 5.78. The van der Waals surface area contributed by atoms with Gasteiger partial charge in [0.15, 0.2) is 0 Å². The molecule has 2 fully saturated rings. The second-order valence-corrected chi connectivity index (χ2v) is 8.31. The van der Waals surface area contributed by atoms with Crippen LogP contribution in [0.1, 0.15) is 35.4 Å². The average Bonchev–Trinajstić information content (AvgIpc) is 2.75. The highest BCUT2D eigenvalue weighted by Crippen LogP contribution is 2.39. The highest BCUT2D eigenvalue weighted by atomic mass is 19.4. The van der Waals surface area contributed by atoms with Crippen LogP contribution < -0.4 is 10.6 Å². The van der Waals surface area contributed by atoms with Crippen molar-refractivity contribution in [1.29, 1.82) is 0 Å². The van der Waals surface area contributed by atoms with E-state index < -0.39 is 17.3 Å². The monoisotopic (exact) mass is 449 g/mol. The maximum Gasteiger partial charge on any atom is 0.416 e. The van der Waals surface area contributed by atoms with Gasteiger partial charge < -0.3 is 15.5 Å². The summed E-state index contributed by atoms with van der Waals surface area (Å²) in [6, 6.07) is 10.9. The first kappa shape index (κ1) is 22.1. The molecule has 0 aromatic heterocycles. The SMILES string of the molecule is O=C1NCC(c2ccc(F)cc2)C2(CCN(C(=O)Cc3ccccc3C(F)(F)F)CC2)N1. The summed E-state index contributed by atoms with van der Waals surface area (Å²) in [6.07, 6.45) is -3.95. The largest absolute Gasteiger partial charge is 0.416 e. The van der Waals surface area contributed by atoms with E-state index in [0.29, 0.717) is 32.5 Å². The van der Waals surface area contributed by atoms with Crippen LogP contribution in [0.4, 0.5) is 22.4 Å². The molecule has 2 aromatic rings. The van der Waals surface area contributed by atoms with E-state index in [9.17, 15) is 27.2 Å². The molecule has 0 aliphatic carbocycles. The van der Waals surface area contributed by atoms with Crippen molar-refractivity contribution in [3.63, 3.8) is 0 Å². The van der Waals surface area contributed by atoms with Gasteiger partial charge in [-0.05, 0) is 42.2 Å². The predicted octanol–water partition coefficient (Wildman–Crippen LogP) is 3.84. The number of carbonyl (C=O) groups is 2. The second kappa shape index (κ2) is 8.44. The first-order chi connectivity index (χ1) is 15.2. The highest BCUT2D eigenvalue weighted by molar-refractivity contribution is 5.80. The Morgan fingerprint density at radius 2 is 1.72 bits per heavy atom. The van der Waals surface area contributed by atoms with Gasteiger partial charge in [-0.1, -0.05) is 30.3 Å². The molecule has 1 unspecified atom stereocenters. The number of amides is 3. The number of likely N-dealkylation sites (tertiary alicyclic amines) is 1. The third-order valence-electron chi connectivity index (χ3n) is 6.44. The van der Waals surface area contributed by atoms with Crippen LogP contribution in [0.5, 0.6) is 0 Å². The fourth-order valence-electron chi connectivity index (χ4n) is 4.73. The molecule has 3 amide bonds. The zero-order chi connectivity index (χ0) is 22.9. The summed E-state index contributed by atoms with van der Waals surface area (Å²) < 4.78 is 53.1. The zero-order valence-electron chi connectivity index (χ0n) is 17.2. The Hall–Kier alpha value is -3.10. The molecule has 2 saturated heterocycles. The Balaban J connectivity index is 1.48. The van der Waals surface area contributed by atoms with Gasteiger partial charge in [-0.3, -0.25) is 4.79 Å². The minimum absolute atomic E-state index is 0.0513. The molecule has 2 aromatic carbocycles. The third-order valence-corrected chi connectivity index (χ3v) is 6.44. The van der Waals surface area contributed by atoms with E-state index in [1.165, 1.54) is 30.3 Å². The number of rotatable bonds is 3. The molecule has 9 heteroatoms. The Kier molecular flexibility index (Phi) is 5.83. The number of nitrogens with zero attached hydrogens (tertiary/aromatic N) is 1. The zero-order valence-corrected chi connectivity index (χ0v) is 17.2. The van der Waals surface area contributed by atoms with Gasteiger partial charge in [0.05, 0.1) is 17.5 Å². The van der Waals surface area contributed by atoms with Gasteiger partial charge in [0.1, 0.15) is 5.82 Å². The molecule has 0 saturated carbocycles. The van der Waals surface area contributed by atoms with E-state index >= 15 is 0 Å². The topological polar surface area (TPSA) is 61.4 Å². The van der Waals surface area contributed by atoms with E-state index in [1.54, 1.807) is 17.0 Å². The maximum absolute atomic E-state index is 13.4. The summed E-state index contributed by atoms with van der Waals surface area (Å²) in [7, 11) is 0. The Bertz CT molecular complexity index is 999. The molecular formula is C23H23F4N3O2. The molecule has 0 bridgehead atoms. The van der Waals surface area contributed by atoms with Crippen molar-refractivity contribution >= 4 is 11.9 Å². The van der Waals surface area contributed by atoms with Crippen molar-refractivity contribution in [3.8, 4) is 0 Å². The van der Waals surface area contributed by atoms with Crippen LogP contribution in [0.25, 0.3) is 0 Å². The summed E-state index contributed by atoms with van der Waals surface area (Å²) in [5.41, 5.74) is -0.591. The van der Waals surface area contributed by atoms with Crippen LogP contribution in [0.3, 0.4) is 0 Å². The number of piperidine rings is 1. The van der Waals surface area contributed by atoms with Gasteiger partial charge in [-0.2, -0.15) is 13.2 Å². The number of nitrogens with one attached hydrogen (secondary N) is 2. The van der Waals surface area contributed by atoms with E-state index in [0.717, 1.165) is 11.6 Å². The standard InChI is InChI=1S/C23H23F4N3O2/c24-17-7-5-15(6-8-17)19-14-28-21(32)29-22(19)9-11-30(12-10-22)20(31)13-16-3-1-2-4-18(16)23(25,26)27/h1-8,19H,9-14H2,(H2,28,29,32). The first-order valence-electron chi connectivity index (χ1n) is 10.4. The molecule has 5 nitrogen and oxygen atoms in total. The minimum atomic E-state index is -4.52. The van der Waals surface area contributed by atoms with Crippen LogP contribution in [0.15, 0.2) is 48.5 Å². The van der Waals surface area contributed by atoms with Crippen LogP contribution in [0, 0.1) is 5.82 Å². The lowest BCUT2D eigenvalue weighted by Crippen LogP contribution is -2.66. The molecule has 0 radical (unpaired) electrons. The lowest BCUT2D eigenvalue weighted by Gasteiger charge is -2.49. The Labute approximate surface area is 182 Å². The van der Waals surface area contributed by atoms with Crippen molar-refractivity contribution < 1.29 is 27.2 Å². The Morgan fingerprint density at radius 1 is 1.06 bits per heavy atom. The molecule has 2 heterocycles. The number of urea groups is 1. The Morgan fingerprint density at radius 3 is 2.38 bits per heavy atom. The van der Waals surface area contributed by atoms with E-state index in [-0.39, 0.29) is 35.7 Å². The average molecular weight is 449 g/mol. The van der Waals surface area contributed by atoms with Gasteiger partial charge >= 0.3 is 12.2 Å². The number of carbonyl (C=O) groups excluding carboxylic acids is 2. The maximum atomic E-state index is 13.4. The van der Waals surface area contributed by atoms with Gasteiger partial charge in [0.25, 0.3) is 0 Å². The number of hydrogen-bond donors (Lipinski definition) is 2. The highest BCUT2D eigenvalue weighted by Gasteiger charge is 2.46. The summed E-state index contributed by atoms with van der Waals surface area (Å²) in [4.78, 5) is 26.4. The molecular weight excluding hydrogens is 426 g/mol. The van der Waals surface area contributed by atoms with Crippen molar-refractivity contribution in [2.45, 2.75) is 36.9 Å². The van der Waals surface area contributed by atoms with Crippen molar-refractivity contribution in [2.24, 2.45) is 0 Å². The van der Waals surface area contributed by atoms with Gasteiger partial charge in [-0.25, -0.2) is 9.18 Å². The fraction of sp³-hybridized carbons (Fsp3) is 0.391. The third kappa shape index (κ3) is 4.42. The smallest absolute Gasteiger partial charge is 0.342 e. The normalized spacial score (nSPS) is 20.6. The molecule has 4 rings (SSSR count). The molecule has 32 heavy (non-hydrogen) atoms. The van der Waals surface area contributed by atoms with Crippen molar-refractivity contribution in [2.75, 3.05) is 19.6 Å². The van der Waals surface area contributed by atoms with Gasteiger partial charge in [0, 0.05) is 25.6 Å². The summed E-state index contributed by atoms with van der Waals surface area (Å²) in [5.74, 6) is -0.852. The molecule has 2 N–H and O–H groups in total. The van der Waals surface area contributed by atoms with Crippen LogP contribution in [0.2, 0.25) is 0 Å². The number of hydrogen-bond acceptors (Lipinski definition) is 2. The summed E-state index contributed by atoms with van der Waals surface area (Å²) in [6.45, 7) is 1.00. The summed E-state index contributed by atoms with van der Waals surface area (Å²) >= 11 is 0. The number of halogens is 4. The quantitative estimate of drug-likeness (QED) is 0.700. The van der Waals surface area contributed by atoms with Crippen molar-refractivity contribution in [1.82, 2.24) is 15.5 Å². The predicted molar refractivity (Wildman–Crippen MR) is 109 cm³/mol. The lowest BCUT2D eigenvalue weighted by molar-refractivity contribution is -0.138.